The van der Waals surface area contributed by atoms with E-state index in [2.05, 4.69) is 10.2 Å². The van der Waals surface area contributed by atoms with Crippen LogP contribution in [-0.2, 0) is 4.79 Å². The summed E-state index contributed by atoms with van der Waals surface area (Å²) >= 11 is 1.69. The Morgan fingerprint density at radius 1 is 1.37 bits per heavy atom. The lowest BCUT2D eigenvalue weighted by molar-refractivity contribution is -0.117. The second kappa shape index (κ2) is 6.93. The molecule has 0 radical (unpaired) electrons. The van der Waals surface area contributed by atoms with Gasteiger partial charge in [0.15, 0.2) is 0 Å². The molecular formula is C14H21N3OS. The zero-order chi connectivity index (χ0) is 13.7. The molecule has 1 saturated heterocycles. The molecule has 1 amide bonds. The number of rotatable bonds is 4. The van der Waals surface area contributed by atoms with Crippen LogP contribution < -0.4 is 11.1 Å². The normalized spacial score (nSPS) is 17.4. The highest BCUT2D eigenvalue weighted by Gasteiger charge is 2.18. The first-order valence-electron chi connectivity index (χ1n) is 6.59. The van der Waals surface area contributed by atoms with Crippen molar-refractivity contribution >= 4 is 23.4 Å². The first-order chi connectivity index (χ1) is 9.17. The van der Waals surface area contributed by atoms with Crippen LogP contribution in [0.3, 0.4) is 0 Å². The highest BCUT2D eigenvalue weighted by atomic mass is 32.2. The number of likely N-dealkylation sites (tertiary alicyclic amines) is 1. The fraction of sp³-hybridized carbons (Fsp3) is 0.500. The minimum absolute atomic E-state index is 0.0485. The fourth-order valence-corrected chi connectivity index (χ4v) is 2.60. The Morgan fingerprint density at radius 3 is 2.58 bits per heavy atom. The summed E-state index contributed by atoms with van der Waals surface area (Å²) in [6.45, 7) is 2.29. The number of carbonyl (C=O) groups is 1. The third-order valence-corrected chi connectivity index (χ3v) is 4.12. The van der Waals surface area contributed by atoms with Crippen LogP contribution in [0.2, 0.25) is 0 Å². The average molecular weight is 279 g/mol. The van der Waals surface area contributed by atoms with E-state index in [0.717, 1.165) is 31.6 Å². The van der Waals surface area contributed by atoms with Crippen molar-refractivity contribution in [2.75, 3.05) is 31.2 Å². The first kappa shape index (κ1) is 14.4. The number of thioether (sulfide) groups is 1. The van der Waals surface area contributed by atoms with Crippen LogP contribution in [0.4, 0.5) is 5.69 Å². The van der Waals surface area contributed by atoms with Gasteiger partial charge in [-0.3, -0.25) is 9.69 Å². The highest BCUT2D eigenvalue weighted by molar-refractivity contribution is 7.98. The smallest absolute Gasteiger partial charge is 0.238 e. The minimum Gasteiger partial charge on any atom is -0.328 e. The summed E-state index contributed by atoms with van der Waals surface area (Å²) in [6, 6.07) is 8.21. The van der Waals surface area contributed by atoms with E-state index >= 15 is 0 Å². The molecule has 1 aliphatic heterocycles. The SMILES string of the molecule is CSc1ccc(NC(=O)CN2CCC(N)CC2)cc1. The molecule has 0 aromatic heterocycles. The highest BCUT2D eigenvalue weighted by Crippen LogP contribution is 2.17. The largest absolute Gasteiger partial charge is 0.328 e. The van der Waals surface area contributed by atoms with Crippen molar-refractivity contribution < 1.29 is 4.79 Å². The maximum atomic E-state index is 11.9. The van der Waals surface area contributed by atoms with Crippen molar-refractivity contribution in [3.63, 3.8) is 0 Å². The number of nitrogens with zero attached hydrogens (tertiary/aromatic N) is 1. The predicted molar refractivity (Wildman–Crippen MR) is 80.5 cm³/mol. The molecule has 3 N–H and O–H groups in total. The Bertz CT molecular complexity index is 413. The topological polar surface area (TPSA) is 58.4 Å². The van der Waals surface area contributed by atoms with Crippen LogP contribution >= 0.6 is 11.8 Å². The van der Waals surface area contributed by atoms with Crippen molar-refractivity contribution in [2.24, 2.45) is 5.73 Å². The summed E-state index contributed by atoms with van der Waals surface area (Å²) < 4.78 is 0. The van der Waals surface area contributed by atoms with E-state index in [1.807, 2.05) is 30.5 Å². The molecule has 104 valence electrons. The van der Waals surface area contributed by atoms with Gasteiger partial charge in [0.1, 0.15) is 0 Å². The molecule has 1 aromatic rings. The molecule has 0 saturated carbocycles. The Morgan fingerprint density at radius 2 is 2.00 bits per heavy atom. The van der Waals surface area contributed by atoms with Gasteiger partial charge in [0.05, 0.1) is 6.54 Å². The van der Waals surface area contributed by atoms with Crippen molar-refractivity contribution in [3.05, 3.63) is 24.3 Å². The molecule has 0 atom stereocenters. The maximum Gasteiger partial charge on any atom is 0.238 e. The van der Waals surface area contributed by atoms with Crippen molar-refractivity contribution in [3.8, 4) is 0 Å². The average Bonchev–Trinajstić information content (AvgIpc) is 2.42. The van der Waals surface area contributed by atoms with Crippen LogP contribution in [0.1, 0.15) is 12.8 Å². The molecule has 5 heteroatoms. The molecule has 0 bridgehead atoms. The summed E-state index contributed by atoms with van der Waals surface area (Å²) in [6.07, 6.45) is 4.00. The third kappa shape index (κ3) is 4.53. The van der Waals surface area contributed by atoms with E-state index in [4.69, 9.17) is 5.73 Å². The number of nitrogens with two attached hydrogens (primary N) is 1. The number of nitrogens with one attached hydrogen (secondary N) is 1. The second-order valence-corrected chi connectivity index (χ2v) is 5.77. The van der Waals surface area contributed by atoms with Crippen molar-refractivity contribution in [1.29, 1.82) is 0 Å². The maximum absolute atomic E-state index is 11.9. The van der Waals surface area contributed by atoms with Gasteiger partial charge >= 0.3 is 0 Å². The molecule has 1 aliphatic rings. The van der Waals surface area contributed by atoms with Crippen LogP contribution in [0.15, 0.2) is 29.2 Å². The van der Waals surface area contributed by atoms with E-state index in [1.54, 1.807) is 11.8 Å². The third-order valence-electron chi connectivity index (χ3n) is 3.37. The molecule has 4 nitrogen and oxygen atoms in total. The minimum atomic E-state index is 0.0485. The molecule has 0 unspecified atom stereocenters. The molecule has 0 aliphatic carbocycles. The molecule has 1 fully saturated rings. The monoisotopic (exact) mass is 279 g/mol. The van der Waals surface area contributed by atoms with E-state index in [1.165, 1.54) is 4.90 Å². The van der Waals surface area contributed by atoms with Gasteiger partial charge in [-0.15, -0.1) is 11.8 Å². The molecule has 1 aromatic carbocycles. The van der Waals surface area contributed by atoms with E-state index in [-0.39, 0.29) is 5.91 Å². The number of amides is 1. The predicted octanol–water partition coefficient (Wildman–Crippen LogP) is 1.77. The van der Waals surface area contributed by atoms with Gasteiger partial charge in [-0.1, -0.05) is 0 Å². The molecule has 2 rings (SSSR count). The van der Waals surface area contributed by atoms with E-state index in [0.29, 0.717) is 12.6 Å². The van der Waals surface area contributed by atoms with Gasteiger partial charge in [-0.2, -0.15) is 0 Å². The fourth-order valence-electron chi connectivity index (χ4n) is 2.19. The zero-order valence-electron chi connectivity index (χ0n) is 11.3. The summed E-state index contributed by atoms with van der Waals surface area (Å²) in [4.78, 5) is 15.3. The summed E-state index contributed by atoms with van der Waals surface area (Å²) in [5.41, 5.74) is 6.71. The van der Waals surface area contributed by atoms with E-state index in [9.17, 15) is 4.79 Å². The molecule has 0 spiro atoms. The Hall–Kier alpha value is -1.04. The first-order valence-corrected chi connectivity index (χ1v) is 7.81. The summed E-state index contributed by atoms with van der Waals surface area (Å²) in [5.74, 6) is 0.0485. The Balaban J connectivity index is 1.80. The number of benzene rings is 1. The standard InChI is InChI=1S/C14H21N3OS/c1-19-13-4-2-12(3-5-13)16-14(18)10-17-8-6-11(15)7-9-17/h2-5,11H,6-10,15H2,1H3,(H,16,18). The number of hydrogen-bond acceptors (Lipinski definition) is 4. The van der Waals surface area contributed by atoms with Gasteiger partial charge in [0.25, 0.3) is 0 Å². The second-order valence-electron chi connectivity index (χ2n) is 4.89. The van der Waals surface area contributed by atoms with Crippen LogP contribution in [0, 0.1) is 0 Å². The quantitative estimate of drug-likeness (QED) is 0.825. The summed E-state index contributed by atoms with van der Waals surface area (Å²) in [7, 11) is 0. The number of anilines is 1. The van der Waals surface area contributed by atoms with Gasteiger partial charge in [0.2, 0.25) is 5.91 Å². The van der Waals surface area contributed by atoms with Gasteiger partial charge < -0.3 is 11.1 Å². The van der Waals surface area contributed by atoms with Gasteiger partial charge in [-0.25, -0.2) is 0 Å². The summed E-state index contributed by atoms with van der Waals surface area (Å²) in [5, 5.41) is 2.93. The number of piperidine rings is 1. The number of carbonyl (C=O) groups excluding carboxylic acids is 1. The zero-order valence-corrected chi connectivity index (χ0v) is 12.1. The molecule has 1 heterocycles. The van der Waals surface area contributed by atoms with Gasteiger partial charge in [-0.05, 0) is 43.4 Å². The van der Waals surface area contributed by atoms with Crippen LogP contribution in [-0.4, -0.2) is 42.7 Å². The Kier molecular flexibility index (Phi) is 5.24. The molecular weight excluding hydrogens is 258 g/mol. The number of hydrogen-bond donors (Lipinski definition) is 2. The lowest BCUT2D eigenvalue weighted by atomic mass is 10.1. The van der Waals surface area contributed by atoms with Crippen LogP contribution in [0.25, 0.3) is 0 Å². The van der Waals surface area contributed by atoms with Crippen LogP contribution in [0.5, 0.6) is 0 Å². The lowest BCUT2D eigenvalue weighted by Gasteiger charge is -2.29. The van der Waals surface area contributed by atoms with Crippen molar-refractivity contribution in [2.45, 2.75) is 23.8 Å². The Labute approximate surface area is 118 Å². The van der Waals surface area contributed by atoms with Crippen molar-refractivity contribution in [1.82, 2.24) is 4.90 Å². The molecule has 19 heavy (non-hydrogen) atoms. The lowest BCUT2D eigenvalue weighted by Crippen LogP contribution is -2.43. The van der Waals surface area contributed by atoms with E-state index < -0.39 is 0 Å². The van der Waals surface area contributed by atoms with Gasteiger partial charge in [0, 0.05) is 29.7 Å².